The van der Waals surface area contributed by atoms with E-state index in [-0.39, 0.29) is 13.4 Å². The molecule has 0 heterocycles. The Morgan fingerprint density at radius 1 is 0.880 bits per heavy atom. The Kier molecular flexibility index (Phi) is 7.73. The van der Waals surface area contributed by atoms with Crippen LogP contribution in [0.3, 0.4) is 0 Å². The summed E-state index contributed by atoms with van der Waals surface area (Å²) in [4.78, 5) is 0. The van der Waals surface area contributed by atoms with Crippen LogP contribution in [0.25, 0.3) is 0 Å². The van der Waals surface area contributed by atoms with Gasteiger partial charge < -0.3 is 25.0 Å². The van der Waals surface area contributed by atoms with Crippen molar-refractivity contribution in [3.8, 4) is 11.5 Å². The Morgan fingerprint density at radius 3 is 1.88 bits per heavy atom. The summed E-state index contributed by atoms with van der Waals surface area (Å²) in [6.07, 6.45) is 0.280. The van der Waals surface area contributed by atoms with Crippen LogP contribution >= 0.6 is 0 Å². The second-order valence-corrected chi connectivity index (χ2v) is 6.27. The number of rotatable bonds is 10. The summed E-state index contributed by atoms with van der Waals surface area (Å²) in [6.45, 7) is 4.55. The number of hydrogen-bond donors (Lipinski definition) is 3. The monoisotopic (exact) mass is 345 g/mol. The Hall–Kier alpha value is -2.08. The molecular formula is C20H27NO4. The van der Waals surface area contributed by atoms with Gasteiger partial charge in [0.1, 0.15) is 24.2 Å². The van der Waals surface area contributed by atoms with Crippen molar-refractivity contribution in [1.82, 2.24) is 5.32 Å². The highest BCUT2D eigenvalue weighted by molar-refractivity contribution is 5.34. The third-order valence-electron chi connectivity index (χ3n) is 3.69. The summed E-state index contributed by atoms with van der Waals surface area (Å²) in [5.41, 5.74) is 2.33. The third kappa shape index (κ3) is 7.13. The maximum Gasteiger partial charge on any atom is 0.186 e. The van der Waals surface area contributed by atoms with E-state index in [0.29, 0.717) is 18.3 Å². The highest BCUT2D eigenvalue weighted by Crippen LogP contribution is 2.18. The van der Waals surface area contributed by atoms with Gasteiger partial charge in [0.05, 0.1) is 0 Å². The summed E-state index contributed by atoms with van der Waals surface area (Å²) >= 11 is 0. The SMILES string of the molecule is CC(C)NCC(O)COc1ccc(Cc2ccc(OCO)cc2)cc1. The molecule has 0 aliphatic carbocycles. The Balaban J connectivity index is 1.81. The van der Waals surface area contributed by atoms with E-state index >= 15 is 0 Å². The predicted octanol–water partition coefficient (Wildman–Crippen LogP) is 2.34. The second-order valence-electron chi connectivity index (χ2n) is 6.27. The standard InChI is InChI=1S/C20H27NO4/c1-15(2)21-12-18(23)13-24-19-7-3-16(4-8-19)11-17-5-9-20(10-6-17)25-14-22/h3-10,15,18,21-23H,11-14H2,1-2H3. The van der Waals surface area contributed by atoms with Crippen molar-refractivity contribution in [1.29, 1.82) is 0 Å². The number of benzene rings is 2. The highest BCUT2D eigenvalue weighted by Gasteiger charge is 2.06. The molecule has 0 spiro atoms. The molecule has 0 radical (unpaired) electrons. The lowest BCUT2D eigenvalue weighted by molar-refractivity contribution is 0.0985. The summed E-state index contributed by atoms with van der Waals surface area (Å²) in [6, 6.07) is 15.9. The van der Waals surface area contributed by atoms with Crippen LogP contribution in [0.15, 0.2) is 48.5 Å². The fourth-order valence-electron chi connectivity index (χ4n) is 2.34. The van der Waals surface area contributed by atoms with E-state index in [1.807, 2.05) is 62.4 Å². The van der Waals surface area contributed by atoms with Gasteiger partial charge in [-0.2, -0.15) is 0 Å². The number of hydrogen-bond acceptors (Lipinski definition) is 5. The molecule has 0 aliphatic heterocycles. The molecule has 1 atom stereocenters. The maximum absolute atomic E-state index is 9.86. The summed E-state index contributed by atoms with van der Waals surface area (Å²) in [7, 11) is 0. The first-order chi connectivity index (χ1) is 12.1. The fraction of sp³-hybridized carbons (Fsp3) is 0.400. The van der Waals surface area contributed by atoms with Crippen molar-refractivity contribution >= 4 is 0 Å². The van der Waals surface area contributed by atoms with Gasteiger partial charge in [-0.05, 0) is 41.8 Å². The molecule has 2 aromatic rings. The fourth-order valence-corrected chi connectivity index (χ4v) is 2.34. The van der Waals surface area contributed by atoms with Gasteiger partial charge in [-0.3, -0.25) is 0 Å². The molecule has 0 saturated heterocycles. The van der Waals surface area contributed by atoms with Crippen LogP contribution in [0, 0.1) is 0 Å². The van der Waals surface area contributed by atoms with Crippen molar-refractivity contribution in [2.75, 3.05) is 19.9 Å². The topological polar surface area (TPSA) is 71.0 Å². The number of nitrogens with one attached hydrogen (secondary N) is 1. The summed E-state index contributed by atoms with van der Waals surface area (Å²) in [5.74, 6) is 1.40. The van der Waals surface area contributed by atoms with Crippen molar-refractivity contribution in [3.05, 3.63) is 59.7 Å². The minimum absolute atomic E-state index is 0.269. The largest absolute Gasteiger partial charge is 0.491 e. The molecule has 2 aromatic carbocycles. The van der Waals surface area contributed by atoms with Crippen LogP contribution in [0.5, 0.6) is 11.5 Å². The minimum Gasteiger partial charge on any atom is -0.491 e. The average molecular weight is 345 g/mol. The molecule has 5 heteroatoms. The van der Waals surface area contributed by atoms with E-state index in [4.69, 9.17) is 14.6 Å². The Morgan fingerprint density at radius 2 is 1.40 bits per heavy atom. The molecule has 25 heavy (non-hydrogen) atoms. The number of aliphatic hydroxyl groups is 2. The lowest BCUT2D eigenvalue weighted by Gasteiger charge is -2.15. The molecule has 0 aliphatic rings. The zero-order valence-corrected chi connectivity index (χ0v) is 14.8. The van der Waals surface area contributed by atoms with Crippen LogP contribution in [-0.2, 0) is 6.42 Å². The maximum atomic E-state index is 9.86. The van der Waals surface area contributed by atoms with Gasteiger partial charge in [0, 0.05) is 12.6 Å². The van der Waals surface area contributed by atoms with E-state index in [1.165, 1.54) is 5.56 Å². The van der Waals surface area contributed by atoms with Crippen LogP contribution < -0.4 is 14.8 Å². The van der Waals surface area contributed by atoms with Crippen LogP contribution in [0.1, 0.15) is 25.0 Å². The molecule has 1 unspecified atom stereocenters. The first kappa shape index (κ1) is 19.2. The van der Waals surface area contributed by atoms with Gasteiger partial charge in [-0.15, -0.1) is 0 Å². The Labute approximate surface area is 149 Å². The minimum atomic E-state index is -0.526. The van der Waals surface area contributed by atoms with E-state index in [9.17, 15) is 5.11 Å². The smallest absolute Gasteiger partial charge is 0.186 e. The van der Waals surface area contributed by atoms with Crippen molar-refractivity contribution in [3.63, 3.8) is 0 Å². The van der Waals surface area contributed by atoms with Crippen LogP contribution in [0.4, 0.5) is 0 Å². The quantitative estimate of drug-likeness (QED) is 0.577. The first-order valence-corrected chi connectivity index (χ1v) is 8.52. The molecule has 0 saturated carbocycles. The van der Waals surface area contributed by atoms with Gasteiger partial charge >= 0.3 is 0 Å². The second kappa shape index (κ2) is 10.0. The molecule has 5 nitrogen and oxygen atoms in total. The molecule has 0 fully saturated rings. The molecule has 3 N–H and O–H groups in total. The van der Waals surface area contributed by atoms with Gasteiger partial charge in [-0.25, -0.2) is 0 Å². The van der Waals surface area contributed by atoms with Gasteiger partial charge in [0.2, 0.25) is 0 Å². The molecule has 0 bridgehead atoms. The van der Waals surface area contributed by atoms with E-state index in [1.54, 1.807) is 0 Å². The predicted molar refractivity (Wildman–Crippen MR) is 98.0 cm³/mol. The molecule has 0 amide bonds. The highest BCUT2D eigenvalue weighted by atomic mass is 16.6. The average Bonchev–Trinajstić information content (AvgIpc) is 2.61. The van der Waals surface area contributed by atoms with E-state index in [0.717, 1.165) is 17.7 Å². The van der Waals surface area contributed by atoms with Crippen LogP contribution in [-0.4, -0.2) is 42.3 Å². The van der Waals surface area contributed by atoms with Gasteiger partial charge in [0.25, 0.3) is 0 Å². The first-order valence-electron chi connectivity index (χ1n) is 8.52. The molecule has 136 valence electrons. The number of ether oxygens (including phenoxy) is 2. The molecule has 2 rings (SSSR count). The molecule has 0 aromatic heterocycles. The number of aliphatic hydroxyl groups excluding tert-OH is 2. The summed E-state index contributed by atoms with van der Waals surface area (Å²) in [5, 5.41) is 21.8. The van der Waals surface area contributed by atoms with E-state index < -0.39 is 6.10 Å². The zero-order chi connectivity index (χ0) is 18.1. The van der Waals surface area contributed by atoms with Crippen molar-refractivity contribution in [2.45, 2.75) is 32.4 Å². The van der Waals surface area contributed by atoms with Crippen molar-refractivity contribution in [2.24, 2.45) is 0 Å². The third-order valence-corrected chi connectivity index (χ3v) is 3.69. The molecular weight excluding hydrogens is 318 g/mol. The van der Waals surface area contributed by atoms with Gasteiger partial charge in [-0.1, -0.05) is 38.1 Å². The Bertz CT molecular complexity index is 611. The normalized spacial score (nSPS) is 12.2. The van der Waals surface area contributed by atoms with Gasteiger partial charge in [0.15, 0.2) is 6.79 Å². The zero-order valence-electron chi connectivity index (χ0n) is 14.8. The van der Waals surface area contributed by atoms with Crippen LogP contribution in [0.2, 0.25) is 0 Å². The summed E-state index contributed by atoms with van der Waals surface area (Å²) < 4.78 is 10.6. The van der Waals surface area contributed by atoms with E-state index in [2.05, 4.69) is 5.32 Å². The lowest BCUT2D eigenvalue weighted by atomic mass is 10.0. The van der Waals surface area contributed by atoms with Crippen molar-refractivity contribution < 1.29 is 19.7 Å². The lowest BCUT2D eigenvalue weighted by Crippen LogP contribution is -2.35.